The van der Waals surface area contributed by atoms with Gasteiger partial charge in [-0.1, -0.05) is 0 Å². The van der Waals surface area contributed by atoms with Crippen LogP contribution < -0.4 is 10.5 Å². The second-order valence-electron chi connectivity index (χ2n) is 9.15. The van der Waals surface area contributed by atoms with Crippen molar-refractivity contribution in [3.63, 3.8) is 0 Å². The summed E-state index contributed by atoms with van der Waals surface area (Å²) >= 11 is 0. The maximum Gasteiger partial charge on any atom is 0.236 e. The first-order valence-electron chi connectivity index (χ1n) is 10.8. The molecular weight excluding hydrogens is 435 g/mol. The largest absolute Gasteiger partial charge is 0.482 e. The van der Waals surface area contributed by atoms with Crippen LogP contribution in [0.25, 0.3) is 16.8 Å². The average Bonchev–Trinajstić information content (AvgIpc) is 3.22. The van der Waals surface area contributed by atoms with Crippen LogP contribution in [0.1, 0.15) is 49.4 Å². The number of halogens is 1. The van der Waals surface area contributed by atoms with Crippen molar-refractivity contribution in [3.8, 4) is 22.9 Å². The van der Waals surface area contributed by atoms with Gasteiger partial charge in [0.15, 0.2) is 11.6 Å². The highest BCUT2D eigenvalue weighted by Gasteiger charge is 2.41. The van der Waals surface area contributed by atoms with E-state index in [4.69, 9.17) is 10.5 Å². The van der Waals surface area contributed by atoms with E-state index in [1.807, 2.05) is 19.9 Å². The molecule has 8 nitrogen and oxygen atoms in total. The normalized spacial score (nSPS) is 18.5. The quantitative estimate of drug-likeness (QED) is 0.546. The molecule has 4 heterocycles. The van der Waals surface area contributed by atoms with Crippen LogP contribution in [0.15, 0.2) is 36.5 Å². The van der Waals surface area contributed by atoms with E-state index < -0.39 is 17.3 Å². The third-order valence-corrected chi connectivity index (χ3v) is 6.32. The molecule has 0 radical (unpaired) electrons. The van der Waals surface area contributed by atoms with Gasteiger partial charge in [0, 0.05) is 41.2 Å². The maximum atomic E-state index is 14.3. The Labute approximate surface area is 196 Å². The van der Waals surface area contributed by atoms with Crippen LogP contribution in [-0.4, -0.2) is 25.6 Å². The predicted molar refractivity (Wildman–Crippen MR) is 123 cm³/mol. The fourth-order valence-electron chi connectivity index (χ4n) is 4.63. The molecule has 5 rings (SSSR count). The summed E-state index contributed by atoms with van der Waals surface area (Å²) in [6.07, 6.45) is 2.84. The van der Waals surface area contributed by atoms with Gasteiger partial charge in [-0.15, -0.1) is 0 Å². The highest BCUT2D eigenvalue weighted by Crippen LogP contribution is 2.43. The first-order chi connectivity index (χ1) is 16.1. The molecule has 172 valence electrons. The smallest absolute Gasteiger partial charge is 0.236 e. The number of aryl methyl sites for hydroxylation is 1. The lowest BCUT2D eigenvalue weighted by atomic mass is 9.93. The van der Waals surface area contributed by atoms with Gasteiger partial charge in [-0.05, 0) is 51.1 Å². The SMILES string of the molecule is CC1Oc2cc(cnc2N)-c2c(nn(C)c2C#N)CN2C(=O)C(C)(C)C=C2c2ccc(F)cc21. The molecule has 2 aliphatic rings. The molecule has 1 amide bonds. The van der Waals surface area contributed by atoms with Crippen molar-refractivity contribution in [2.45, 2.75) is 33.4 Å². The van der Waals surface area contributed by atoms with Crippen LogP contribution in [0.2, 0.25) is 0 Å². The number of hydrogen-bond acceptors (Lipinski definition) is 6. The van der Waals surface area contributed by atoms with Gasteiger partial charge in [0.25, 0.3) is 0 Å². The molecule has 1 unspecified atom stereocenters. The van der Waals surface area contributed by atoms with Crippen molar-refractivity contribution in [2.24, 2.45) is 12.5 Å². The van der Waals surface area contributed by atoms with Crippen molar-refractivity contribution in [1.82, 2.24) is 19.7 Å². The second kappa shape index (κ2) is 7.42. The number of nitrogen functional groups attached to an aromatic ring is 1. The van der Waals surface area contributed by atoms with Gasteiger partial charge < -0.3 is 15.4 Å². The minimum atomic E-state index is -0.776. The molecule has 2 aromatic heterocycles. The summed E-state index contributed by atoms with van der Waals surface area (Å²) < 4.78 is 22.0. The van der Waals surface area contributed by atoms with Gasteiger partial charge in [0.1, 0.15) is 23.7 Å². The van der Waals surface area contributed by atoms with Crippen molar-refractivity contribution in [1.29, 1.82) is 5.26 Å². The third-order valence-electron chi connectivity index (χ3n) is 6.32. The molecule has 2 bridgehead atoms. The Kier molecular flexibility index (Phi) is 4.72. The van der Waals surface area contributed by atoms with Gasteiger partial charge in [0.2, 0.25) is 5.91 Å². The molecule has 1 aromatic carbocycles. The molecule has 9 heteroatoms. The average molecular weight is 458 g/mol. The fourth-order valence-corrected chi connectivity index (χ4v) is 4.63. The Bertz CT molecular complexity index is 1430. The number of pyridine rings is 1. The van der Waals surface area contributed by atoms with Gasteiger partial charge >= 0.3 is 0 Å². The standard InChI is InChI=1S/C25H23FN6O2/c1-13-17-8-15(26)5-6-16(17)19-9-25(2,3)24(33)32(19)12-18-22(20(10-27)31(4)30-18)14-7-21(34-13)23(28)29-11-14/h5-9,11,13H,12H2,1-4H3,(H2,28,29). The summed E-state index contributed by atoms with van der Waals surface area (Å²) in [6, 6.07) is 8.33. The molecule has 0 saturated heterocycles. The molecule has 0 saturated carbocycles. The van der Waals surface area contributed by atoms with Crippen molar-refractivity contribution < 1.29 is 13.9 Å². The Morgan fingerprint density at radius 1 is 1.32 bits per heavy atom. The van der Waals surface area contributed by atoms with Crippen LogP contribution in [0.5, 0.6) is 5.75 Å². The van der Waals surface area contributed by atoms with Crippen LogP contribution in [-0.2, 0) is 18.4 Å². The van der Waals surface area contributed by atoms with Crippen LogP contribution in [0.4, 0.5) is 10.2 Å². The van der Waals surface area contributed by atoms with E-state index in [-0.39, 0.29) is 18.3 Å². The lowest BCUT2D eigenvalue weighted by Gasteiger charge is -2.26. The summed E-state index contributed by atoms with van der Waals surface area (Å²) in [5, 5.41) is 14.4. The number of anilines is 1. The zero-order valence-electron chi connectivity index (χ0n) is 19.3. The van der Waals surface area contributed by atoms with Crippen LogP contribution in [0.3, 0.4) is 0 Å². The Balaban J connectivity index is 1.82. The molecule has 2 aliphatic heterocycles. The van der Waals surface area contributed by atoms with E-state index in [2.05, 4.69) is 16.2 Å². The number of ether oxygens (including phenoxy) is 1. The van der Waals surface area contributed by atoms with E-state index in [1.54, 1.807) is 37.2 Å². The molecule has 0 fully saturated rings. The molecule has 3 aromatic rings. The maximum absolute atomic E-state index is 14.3. The number of carbonyl (C=O) groups is 1. The van der Waals surface area contributed by atoms with E-state index in [0.717, 1.165) is 0 Å². The number of hydrogen-bond donors (Lipinski definition) is 1. The first kappa shape index (κ1) is 21.6. The van der Waals surface area contributed by atoms with Crippen LogP contribution >= 0.6 is 0 Å². The molecule has 0 aliphatic carbocycles. The number of amides is 1. The molecule has 0 spiro atoms. The summed E-state index contributed by atoms with van der Waals surface area (Å²) in [7, 11) is 1.68. The predicted octanol–water partition coefficient (Wildman–Crippen LogP) is 3.94. The van der Waals surface area contributed by atoms with E-state index >= 15 is 0 Å². The minimum Gasteiger partial charge on any atom is -0.482 e. The monoisotopic (exact) mass is 458 g/mol. The Hall–Kier alpha value is -4.19. The number of nitrogens with two attached hydrogens (primary N) is 1. The molecule has 34 heavy (non-hydrogen) atoms. The summed E-state index contributed by atoms with van der Waals surface area (Å²) in [5.74, 6) is -0.0436. The minimum absolute atomic E-state index is 0.116. The Morgan fingerprint density at radius 3 is 2.82 bits per heavy atom. The number of benzene rings is 1. The van der Waals surface area contributed by atoms with E-state index in [9.17, 15) is 14.4 Å². The zero-order valence-corrected chi connectivity index (χ0v) is 19.3. The molecule has 2 N–H and O–H groups in total. The third kappa shape index (κ3) is 3.22. The zero-order chi connectivity index (χ0) is 24.4. The number of carbonyl (C=O) groups excluding carboxylic acids is 1. The van der Waals surface area contributed by atoms with Gasteiger partial charge in [-0.25, -0.2) is 9.37 Å². The van der Waals surface area contributed by atoms with Crippen molar-refractivity contribution in [3.05, 3.63) is 64.9 Å². The Morgan fingerprint density at radius 2 is 2.09 bits per heavy atom. The number of rotatable bonds is 0. The molecular formula is C25H23FN6O2. The van der Waals surface area contributed by atoms with Gasteiger partial charge in [0.05, 0.1) is 17.7 Å². The second-order valence-corrected chi connectivity index (χ2v) is 9.15. The van der Waals surface area contributed by atoms with Gasteiger partial charge in [-0.3, -0.25) is 9.48 Å². The lowest BCUT2D eigenvalue weighted by molar-refractivity contribution is -0.133. The highest BCUT2D eigenvalue weighted by atomic mass is 19.1. The number of nitrogens with zero attached hydrogens (tertiary/aromatic N) is 5. The number of nitriles is 1. The first-order valence-corrected chi connectivity index (χ1v) is 10.8. The lowest BCUT2D eigenvalue weighted by Crippen LogP contribution is -2.32. The van der Waals surface area contributed by atoms with Gasteiger partial charge in [-0.2, -0.15) is 10.4 Å². The number of fused-ring (bicyclic) bond motifs is 7. The van der Waals surface area contributed by atoms with Crippen LogP contribution in [0, 0.1) is 22.6 Å². The summed E-state index contributed by atoms with van der Waals surface area (Å²) in [5.41, 5.74) is 9.24. The highest BCUT2D eigenvalue weighted by molar-refractivity contribution is 5.98. The van der Waals surface area contributed by atoms with E-state index in [1.165, 1.54) is 16.8 Å². The topological polar surface area (TPSA) is 110 Å². The molecule has 1 atom stereocenters. The summed E-state index contributed by atoms with van der Waals surface area (Å²) in [4.78, 5) is 19.4. The van der Waals surface area contributed by atoms with Crippen molar-refractivity contribution in [2.75, 3.05) is 5.73 Å². The van der Waals surface area contributed by atoms with Crippen molar-refractivity contribution >= 4 is 17.4 Å². The number of aromatic nitrogens is 3. The van der Waals surface area contributed by atoms with E-state index in [0.29, 0.717) is 45.1 Å². The fraction of sp³-hybridized carbons (Fsp3) is 0.280. The summed E-state index contributed by atoms with van der Waals surface area (Å²) in [6.45, 7) is 5.60.